The average Bonchev–Trinajstić information content (AvgIpc) is 3.04. The van der Waals surface area contributed by atoms with E-state index in [9.17, 15) is 19.1 Å². The topological polar surface area (TPSA) is 70.5 Å². The van der Waals surface area contributed by atoms with Crippen molar-refractivity contribution in [1.82, 2.24) is 9.88 Å². The Morgan fingerprint density at radius 3 is 2.42 bits per heavy atom. The Hall–Kier alpha value is -3.80. The van der Waals surface area contributed by atoms with Gasteiger partial charge in [0.05, 0.1) is 11.6 Å². The van der Waals surface area contributed by atoms with Gasteiger partial charge in [-0.3, -0.25) is 14.6 Å². The van der Waals surface area contributed by atoms with Crippen LogP contribution in [-0.4, -0.2) is 33.2 Å². The summed E-state index contributed by atoms with van der Waals surface area (Å²) < 4.78 is 13.2. The summed E-state index contributed by atoms with van der Waals surface area (Å²) in [6.07, 6.45) is 3.63. The third-order valence-electron chi connectivity index (χ3n) is 5.42. The van der Waals surface area contributed by atoms with Gasteiger partial charge in [-0.05, 0) is 42.7 Å². The SMILES string of the molecule is Cc1ccc(/C(O)=C2/C(=O)C(=O)N(CCc3ccc(F)cc3)C2c2cccnc2)cc1. The van der Waals surface area contributed by atoms with Gasteiger partial charge in [0.2, 0.25) is 0 Å². The molecule has 0 spiro atoms. The lowest BCUT2D eigenvalue weighted by Gasteiger charge is -2.25. The molecule has 1 N–H and O–H groups in total. The van der Waals surface area contributed by atoms with Crippen LogP contribution in [0, 0.1) is 12.7 Å². The summed E-state index contributed by atoms with van der Waals surface area (Å²) in [7, 11) is 0. The number of ketones is 1. The van der Waals surface area contributed by atoms with Gasteiger partial charge in [-0.2, -0.15) is 0 Å². The number of carbonyl (C=O) groups is 2. The van der Waals surface area contributed by atoms with Gasteiger partial charge in [-0.25, -0.2) is 4.39 Å². The molecule has 1 aliphatic rings. The lowest BCUT2D eigenvalue weighted by Crippen LogP contribution is -2.31. The zero-order chi connectivity index (χ0) is 22.0. The summed E-state index contributed by atoms with van der Waals surface area (Å²) in [4.78, 5) is 31.4. The molecule has 156 valence electrons. The lowest BCUT2D eigenvalue weighted by molar-refractivity contribution is -0.139. The van der Waals surface area contributed by atoms with Crippen LogP contribution in [-0.2, 0) is 16.0 Å². The number of aliphatic hydroxyl groups excluding tert-OH is 1. The number of rotatable bonds is 5. The number of amides is 1. The number of carbonyl (C=O) groups excluding carboxylic acids is 2. The van der Waals surface area contributed by atoms with Gasteiger partial charge >= 0.3 is 0 Å². The first kappa shape index (κ1) is 20.5. The van der Waals surface area contributed by atoms with Crippen molar-refractivity contribution < 1.29 is 19.1 Å². The van der Waals surface area contributed by atoms with Gasteiger partial charge in [-0.15, -0.1) is 0 Å². The van der Waals surface area contributed by atoms with Crippen LogP contribution in [0.15, 0.2) is 78.6 Å². The highest BCUT2D eigenvalue weighted by atomic mass is 19.1. The van der Waals surface area contributed by atoms with Crippen molar-refractivity contribution in [2.24, 2.45) is 0 Å². The number of hydrogen-bond donors (Lipinski definition) is 1. The van der Waals surface area contributed by atoms with Crippen molar-refractivity contribution >= 4 is 17.4 Å². The minimum Gasteiger partial charge on any atom is -0.507 e. The van der Waals surface area contributed by atoms with Crippen LogP contribution in [0.1, 0.15) is 28.3 Å². The summed E-state index contributed by atoms with van der Waals surface area (Å²) in [5.41, 5.74) is 3.00. The summed E-state index contributed by atoms with van der Waals surface area (Å²) in [5, 5.41) is 11.0. The standard InChI is InChI=1S/C25H21FN2O3/c1-16-4-8-18(9-5-16)23(29)21-22(19-3-2-13-27-15-19)28(25(31)24(21)30)14-12-17-6-10-20(26)11-7-17/h2-11,13,15,22,29H,12,14H2,1H3/b23-21-. The van der Waals surface area contributed by atoms with Crippen molar-refractivity contribution in [1.29, 1.82) is 0 Å². The molecule has 1 atom stereocenters. The summed E-state index contributed by atoms with van der Waals surface area (Å²) >= 11 is 0. The molecule has 2 heterocycles. The molecule has 1 aliphatic heterocycles. The lowest BCUT2D eigenvalue weighted by atomic mass is 9.96. The van der Waals surface area contributed by atoms with Gasteiger partial charge in [0.15, 0.2) is 0 Å². The number of hydrogen-bond acceptors (Lipinski definition) is 4. The second-order valence-corrected chi connectivity index (χ2v) is 7.52. The second kappa shape index (κ2) is 8.52. The fourth-order valence-electron chi connectivity index (χ4n) is 3.76. The van der Waals surface area contributed by atoms with Gasteiger partial charge in [0, 0.05) is 24.5 Å². The minimum atomic E-state index is -0.754. The third kappa shape index (κ3) is 4.10. The van der Waals surface area contributed by atoms with E-state index in [4.69, 9.17) is 0 Å². The molecule has 0 saturated carbocycles. The quantitative estimate of drug-likeness (QED) is 0.385. The molecule has 3 aromatic rings. The van der Waals surface area contributed by atoms with Crippen molar-refractivity contribution in [3.63, 3.8) is 0 Å². The zero-order valence-corrected chi connectivity index (χ0v) is 17.0. The van der Waals surface area contributed by atoms with Gasteiger partial charge in [0.25, 0.3) is 11.7 Å². The molecule has 6 heteroatoms. The van der Waals surface area contributed by atoms with E-state index in [-0.39, 0.29) is 23.7 Å². The number of pyridine rings is 1. The summed E-state index contributed by atoms with van der Waals surface area (Å²) in [5.74, 6) is -1.95. The fraction of sp³-hybridized carbons (Fsp3) is 0.160. The summed E-state index contributed by atoms with van der Waals surface area (Å²) in [6.45, 7) is 2.16. The van der Waals surface area contributed by atoms with Crippen LogP contribution in [0.2, 0.25) is 0 Å². The second-order valence-electron chi connectivity index (χ2n) is 7.52. The molecule has 31 heavy (non-hydrogen) atoms. The van der Waals surface area contributed by atoms with Crippen LogP contribution in [0.5, 0.6) is 0 Å². The van der Waals surface area contributed by atoms with Crippen molar-refractivity contribution in [3.05, 3.63) is 107 Å². The Morgan fingerprint density at radius 1 is 1.06 bits per heavy atom. The molecular weight excluding hydrogens is 395 g/mol. The van der Waals surface area contributed by atoms with Gasteiger partial charge in [0.1, 0.15) is 11.6 Å². The van der Waals surface area contributed by atoms with E-state index in [1.54, 1.807) is 48.8 Å². The molecule has 1 unspecified atom stereocenters. The molecule has 0 aliphatic carbocycles. The average molecular weight is 416 g/mol. The maximum absolute atomic E-state index is 13.2. The monoisotopic (exact) mass is 416 g/mol. The van der Waals surface area contributed by atoms with Crippen molar-refractivity contribution in [2.45, 2.75) is 19.4 Å². The molecule has 5 nitrogen and oxygen atoms in total. The number of aromatic nitrogens is 1. The highest BCUT2D eigenvalue weighted by Gasteiger charge is 2.45. The van der Waals surface area contributed by atoms with E-state index in [1.165, 1.54) is 17.0 Å². The highest BCUT2D eigenvalue weighted by Crippen LogP contribution is 2.39. The molecule has 1 aromatic heterocycles. The van der Waals surface area contributed by atoms with E-state index < -0.39 is 17.7 Å². The maximum Gasteiger partial charge on any atom is 0.295 e. The minimum absolute atomic E-state index is 0.0426. The van der Waals surface area contributed by atoms with E-state index in [0.717, 1.165) is 11.1 Å². The molecule has 1 amide bonds. The Bertz CT molecular complexity index is 1140. The van der Waals surface area contributed by atoms with Crippen LogP contribution < -0.4 is 0 Å². The van der Waals surface area contributed by atoms with Crippen LogP contribution >= 0.6 is 0 Å². The van der Waals surface area contributed by atoms with Crippen LogP contribution in [0.3, 0.4) is 0 Å². The Morgan fingerprint density at radius 2 is 1.77 bits per heavy atom. The first-order valence-electron chi connectivity index (χ1n) is 9.95. The van der Waals surface area contributed by atoms with Gasteiger partial charge < -0.3 is 10.0 Å². The number of halogens is 1. The summed E-state index contributed by atoms with van der Waals surface area (Å²) in [6, 6.07) is 15.9. The molecule has 4 rings (SSSR count). The van der Waals surface area contributed by atoms with Crippen molar-refractivity contribution in [3.8, 4) is 0 Å². The number of Topliss-reactive ketones (excluding diaryl/α,β-unsaturated/α-hetero) is 1. The van der Waals surface area contributed by atoms with E-state index >= 15 is 0 Å². The number of aliphatic hydroxyl groups is 1. The first-order valence-corrected chi connectivity index (χ1v) is 9.95. The number of likely N-dealkylation sites (tertiary alicyclic amines) is 1. The molecular formula is C25H21FN2O3. The molecule has 0 radical (unpaired) electrons. The van der Waals surface area contributed by atoms with E-state index in [1.807, 2.05) is 19.1 Å². The Kier molecular flexibility index (Phi) is 5.62. The normalized spacial score (nSPS) is 17.9. The van der Waals surface area contributed by atoms with E-state index in [0.29, 0.717) is 17.5 Å². The smallest absolute Gasteiger partial charge is 0.295 e. The Labute approximate surface area is 179 Å². The molecule has 2 aromatic carbocycles. The number of benzene rings is 2. The molecule has 1 saturated heterocycles. The third-order valence-corrected chi connectivity index (χ3v) is 5.42. The predicted octanol–water partition coefficient (Wildman–Crippen LogP) is 4.19. The zero-order valence-electron chi connectivity index (χ0n) is 17.0. The number of nitrogens with zero attached hydrogens (tertiary/aromatic N) is 2. The molecule has 1 fully saturated rings. The van der Waals surface area contributed by atoms with Crippen molar-refractivity contribution in [2.75, 3.05) is 6.54 Å². The maximum atomic E-state index is 13.2. The molecule has 0 bridgehead atoms. The first-order chi connectivity index (χ1) is 15.0. The fourth-order valence-corrected chi connectivity index (χ4v) is 3.76. The predicted molar refractivity (Wildman–Crippen MR) is 115 cm³/mol. The largest absolute Gasteiger partial charge is 0.507 e. The Balaban J connectivity index is 1.74. The van der Waals surface area contributed by atoms with Crippen LogP contribution in [0.25, 0.3) is 5.76 Å². The highest BCUT2D eigenvalue weighted by molar-refractivity contribution is 6.46. The van der Waals surface area contributed by atoms with Gasteiger partial charge in [-0.1, -0.05) is 48.0 Å². The number of aryl methyl sites for hydroxylation is 1. The van der Waals surface area contributed by atoms with E-state index in [2.05, 4.69) is 4.98 Å². The van der Waals surface area contributed by atoms with Crippen LogP contribution in [0.4, 0.5) is 4.39 Å².